The van der Waals surface area contributed by atoms with E-state index in [0.717, 1.165) is 36.0 Å². The highest BCUT2D eigenvalue weighted by molar-refractivity contribution is 6.05. The van der Waals surface area contributed by atoms with Crippen LogP contribution >= 0.6 is 0 Å². The molecule has 0 saturated carbocycles. The number of carbonyl (C=O) groups is 3. The predicted octanol–water partition coefficient (Wildman–Crippen LogP) is 2.90. The summed E-state index contributed by atoms with van der Waals surface area (Å²) in [6.45, 7) is 2.72. The van der Waals surface area contributed by atoms with Gasteiger partial charge in [0.25, 0.3) is 5.91 Å². The molecule has 35 heavy (non-hydrogen) atoms. The van der Waals surface area contributed by atoms with Crippen LogP contribution in [0.4, 0.5) is 5.69 Å². The van der Waals surface area contributed by atoms with Crippen LogP contribution in [0.2, 0.25) is 0 Å². The first-order valence-electron chi connectivity index (χ1n) is 12.1. The number of hydrogen-bond acceptors (Lipinski definition) is 6. The lowest BCUT2D eigenvalue weighted by atomic mass is 10.0. The molecule has 2 aromatic carbocycles. The molecule has 0 spiro atoms. The highest BCUT2D eigenvalue weighted by Gasteiger charge is 2.40. The summed E-state index contributed by atoms with van der Waals surface area (Å²) < 4.78 is 6.26. The van der Waals surface area contributed by atoms with Gasteiger partial charge in [0.15, 0.2) is 0 Å². The fourth-order valence-electron chi connectivity index (χ4n) is 5.44. The van der Waals surface area contributed by atoms with Crippen LogP contribution in [0.3, 0.4) is 0 Å². The van der Waals surface area contributed by atoms with Crippen molar-refractivity contribution in [3.05, 3.63) is 65.9 Å². The zero-order valence-corrected chi connectivity index (χ0v) is 19.3. The van der Waals surface area contributed by atoms with E-state index < -0.39 is 11.9 Å². The van der Waals surface area contributed by atoms with Crippen molar-refractivity contribution >= 4 is 34.3 Å². The fraction of sp³-hybridized carbons (Fsp3) is 0.333. The van der Waals surface area contributed by atoms with Crippen molar-refractivity contribution in [1.82, 2.24) is 15.2 Å². The maximum absolute atomic E-state index is 13.0. The van der Waals surface area contributed by atoms with Crippen molar-refractivity contribution in [3.8, 4) is 5.75 Å². The molecule has 3 aromatic rings. The molecule has 3 amide bonds. The predicted molar refractivity (Wildman–Crippen MR) is 130 cm³/mol. The van der Waals surface area contributed by atoms with Crippen LogP contribution in [0, 0.1) is 5.92 Å². The molecule has 3 aliphatic rings. The molecular weight excluding hydrogens is 444 g/mol. The minimum Gasteiger partial charge on any atom is -0.493 e. The number of nitrogens with one attached hydrogen (secondary N) is 1. The molecule has 2 saturated heterocycles. The molecule has 0 radical (unpaired) electrons. The summed E-state index contributed by atoms with van der Waals surface area (Å²) in [5.41, 5.74) is 3.58. The number of rotatable bonds is 5. The fourth-order valence-corrected chi connectivity index (χ4v) is 5.44. The Morgan fingerprint density at radius 3 is 2.80 bits per heavy atom. The summed E-state index contributed by atoms with van der Waals surface area (Å²) in [4.78, 5) is 45.3. The molecule has 1 aromatic heterocycles. The Morgan fingerprint density at radius 1 is 1.03 bits per heavy atom. The number of anilines is 1. The van der Waals surface area contributed by atoms with E-state index in [0.29, 0.717) is 36.8 Å². The molecule has 6 rings (SSSR count). The van der Waals surface area contributed by atoms with Gasteiger partial charge < -0.3 is 14.5 Å². The highest BCUT2D eigenvalue weighted by Crippen LogP contribution is 2.35. The lowest BCUT2D eigenvalue weighted by molar-refractivity contribution is -0.136. The number of para-hydroxylation sites is 1. The van der Waals surface area contributed by atoms with E-state index in [-0.39, 0.29) is 18.2 Å². The van der Waals surface area contributed by atoms with Crippen LogP contribution < -0.4 is 15.0 Å². The van der Waals surface area contributed by atoms with E-state index in [4.69, 9.17) is 4.74 Å². The maximum Gasteiger partial charge on any atom is 0.255 e. The van der Waals surface area contributed by atoms with Crippen molar-refractivity contribution < 1.29 is 19.1 Å². The lowest BCUT2D eigenvalue weighted by Crippen LogP contribution is -2.52. The van der Waals surface area contributed by atoms with Crippen molar-refractivity contribution in [2.75, 3.05) is 24.6 Å². The number of carbonyl (C=O) groups excluding carboxylic acids is 3. The Hall–Kier alpha value is -3.94. The summed E-state index contributed by atoms with van der Waals surface area (Å²) in [6, 6.07) is 15.1. The third-order valence-corrected chi connectivity index (χ3v) is 7.27. The third-order valence-electron chi connectivity index (χ3n) is 7.27. The molecule has 1 N–H and O–H groups in total. The summed E-state index contributed by atoms with van der Waals surface area (Å²) in [5.74, 6) is 0.181. The van der Waals surface area contributed by atoms with Gasteiger partial charge in [-0.15, -0.1) is 0 Å². The molecular formula is C27H26N4O4. The van der Waals surface area contributed by atoms with Gasteiger partial charge in [0.05, 0.1) is 18.7 Å². The molecule has 8 nitrogen and oxygen atoms in total. The summed E-state index contributed by atoms with van der Waals surface area (Å²) in [5, 5.41) is 3.50. The highest BCUT2D eigenvalue weighted by atomic mass is 16.5. The molecule has 0 aliphatic carbocycles. The second kappa shape index (κ2) is 8.69. The molecule has 0 bridgehead atoms. The molecule has 178 valence electrons. The zero-order valence-electron chi connectivity index (χ0n) is 19.3. The molecule has 1 unspecified atom stereocenters. The average Bonchev–Trinajstić information content (AvgIpc) is 3.47. The SMILES string of the molecule is O=C1CCC(N2Cc3c(OC[C@H]4CCN(c5ccnc6ccccc56)C4)cccc3C2=O)C(=O)N1. The number of fused-ring (bicyclic) bond motifs is 2. The lowest BCUT2D eigenvalue weighted by Gasteiger charge is -2.29. The van der Waals surface area contributed by atoms with E-state index >= 15 is 0 Å². The van der Waals surface area contributed by atoms with Crippen LogP contribution in [-0.4, -0.2) is 53.3 Å². The number of aromatic nitrogens is 1. The monoisotopic (exact) mass is 470 g/mol. The first-order chi connectivity index (χ1) is 17.1. The zero-order chi connectivity index (χ0) is 23.9. The van der Waals surface area contributed by atoms with Gasteiger partial charge in [-0.05, 0) is 37.1 Å². The normalized spacial score (nSPS) is 22.0. The number of ether oxygens (including phenoxy) is 1. The van der Waals surface area contributed by atoms with Crippen molar-refractivity contribution in [1.29, 1.82) is 0 Å². The van der Waals surface area contributed by atoms with Crippen LogP contribution in [0.15, 0.2) is 54.7 Å². The van der Waals surface area contributed by atoms with Crippen molar-refractivity contribution in [2.24, 2.45) is 5.92 Å². The summed E-state index contributed by atoms with van der Waals surface area (Å²) >= 11 is 0. The van der Waals surface area contributed by atoms with Gasteiger partial charge >= 0.3 is 0 Å². The van der Waals surface area contributed by atoms with Gasteiger partial charge in [0.2, 0.25) is 11.8 Å². The number of benzene rings is 2. The third kappa shape index (κ3) is 3.88. The average molecular weight is 471 g/mol. The van der Waals surface area contributed by atoms with Crippen LogP contribution in [0.25, 0.3) is 10.9 Å². The largest absolute Gasteiger partial charge is 0.493 e. The van der Waals surface area contributed by atoms with Gasteiger partial charge in [0.1, 0.15) is 11.8 Å². The van der Waals surface area contributed by atoms with Crippen LogP contribution in [0.5, 0.6) is 5.75 Å². The molecule has 3 aliphatic heterocycles. The van der Waals surface area contributed by atoms with E-state index in [1.54, 1.807) is 11.0 Å². The molecule has 4 heterocycles. The Bertz CT molecular complexity index is 1330. The Kier molecular flexibility index (Phi) is 5.36. The molecule has 2 atom stereocenters. The summed E-state index contributed by atoms with van der Waals surface area (Å²) in [6.07, 6.45) is 3.47. The summed E-state index contributed by atoms with van der Waals surface area (Å²) in [7, 11) is 0. The topological polar surface area (TPSA) is 91.8 Å². The van der Waals surface area contributed by atoms with E-state index in [1.165, 1.54) is 5.69 Å². The van der Waals surface area contributed by atoms with Crippen molar-refractivity contribution in [2.45, 2.75) is 31.8 Å². The van der Waals surface area contributed by atoms with Gasteiger partial charge in [-0.2, -0.15) is 0 Å². The maximum atomic E-state index is 13.0. The quantitative estimate of drug-likeness (QED) is 0.577. The number of imide groups is 1. The first-order valence-corrected chi connectivity index (χ1v) is 12.1. The second-order valence-corrected chi connectivity index (χ2v) is 9.44. The minimum atomic E-state index is -0.626. The van der Waals surface area contributed by atoms with Crippen molar-refractivity contribution in [3.63, 3.8) is 0 Å². The number of amides is 3. The molecule has 2 fully saturated rings. The van der Waals surface area contributed by atoms with E-state index in [1.807, 2.05) is 36.5 Å². The molecule has 8 heteroatoms. The first kappa shape index (κ1) is 21.6. The Labute approximate surface area is 202 Å². The Balaban J connectivity index is 1.14. The van der Waals surface area contributed by atoms with Gasteiger partial charge in [0, 0.05) is 53.8 Å². The second-order valence-electron chi connectivity index (χ2n) is 9.44. The number of nitrogens with zero attached hydrogens (tertiary/aromatic N) is 3. The minimum absolute atomic E-state index is 0.184. The standard InChI is InChI=1S/C27H26N4O4/c32-25-9-8-23(26(33)29-25)31-15-20-18(27(31)34)5-3-7-24(20)35-16-17-11-13-30(14-17)22-10-12-28-21-6-2-1-4-19(21)22/h1-7,10,12,17,23H,8-9,11,13-16H2,(H,29,32,33)/t17-,23?/m0/s1. The number of piperidine rings is 1. The van der Waals surface area contributed by atoms with Crippen LogP contribution in [0.1, 0.15) is 35.2 Å². The van der Waals surface area contributed by atoms with E-state index in [9.17, 15) is 14.4 Å². The van der Waals surface area contributed by atoms with Gasteiger partial charge in [-0.25, -0.2) is 0 Å². The number of pyridine rings is 1. The van der Waals surface area contributed by atoms with Gasteiger partial charge in [-0.1, -0.05) is 24.3 Å². The van der Waals surface area contributed by atoms with Gasteiger partial charge in [-0.3, -0.25) is 24.7 Å². The smallest absolute Gasteiger partial charge is 0.255 e. The Morgan fingerprint density at radius 2 is 1.91 bits per heavy atom. The van der Waals surface area contributed by atoms with E-state index in [2.05, 4.69) is 27.3 Å². The van der Waals surface area contributed by atoms with Crippen LogP contribution in [-0.2, 0) is 16.1 Å². The number of hydrogen-bond donors (Lipinski definition) is 1.